The molecule has 0 bridgehead atoms. The van der Waals surface area contributed by atoms with Crippen molar-refractivity contribution in [3.05, 3.63) is 54.1 Å². The van der Waals surface area contributed by atoms with E-state index in [0.717, 1.165) is 17.0 Å². The van der Waals surface area contributed by atoms with Crippen LogP contribution in [-0.4, -0.2) is 18.6 Å². The number of β-lactam (4-membered cyclic amide) rings is 1. The van der Waals surface area contributed by atoms with Gasteiger partial charge in [0.25, 0.3) is 5.91 Å². The van der Waals surface area contributed by atoms with Gasteiger partial charge in [-0.25, -0.2) is 0 Å². The second-order valence-corrected chi connectivity index (χ2v) is 5.14. The molecule has 0 radical (unpaired) electrons. The van der Waals surface area contributed by atoms with Crippen LogP contribution in [-0.2, 0) is 9.53 Å². The van der Waals surface area contributed by atoms with Crippen molar-refractivity contribution in [2.75, 3.05) is 11.5 Å². The number of benzene rings is 2. The normalized spacial score (nSPS) is 22.3. The number of anilines is 1. The summed E-state index contributed by atoms with van der Waals surface area (Å²) in [6.45, 7) is 2.43. The second kappa shape index (κ2) is 4.60. The van der Waals surface area contributed by atoms with Crippen LogP contribution in [0.2, 0.25) is 0 Å². The molecule has 0 aliphatic carbocycles. The van der Waals surface area contributed by atoms with Gasteiger partial charge >= 0.3 is 0 Å². The molecule has 2 aliphatic heterocycles. The van der Waals surface area contributed by atoms with Gasteiger partial charge in [-0.1, -0.05) is 30.3 Å². The SMILES string of the molecule is CCO[C@@H]1C(=O)N2c3ccccc3Oc3ccccc3[C@@H]12. The summed E-state index contributed by atoms with van der Waals surface area (Å²) >= 11 is 0. The van der Waals surface area contributed by atoms with Crippen molar-refractivity contribution in [1.29, 1.82) is 0 Å². The molecule has 4 nitrogen and oxygen atoms in total. The number of fused-ring (bicyclic) bond motifs is 5. The molecule has 1 amide bonds. The van der Waals surface area contributed by atoms with Crippen LogP contribution in [0.15, 0.2) is 48.5 Å². The maximum Gasteiger partial charge on any atom is 0.259 e. The van der Waals surface area contributed by atoms with Crippen LogP contribution in [0.1, 0.15) is 18.5 Å². The average Bonchev–Trinajstić information content (AvgIpc) is 2.64. The average molecular weight is 281 g/mol. The number of hydrogen-bond acceptors (Lipinski definition) is 3. The Kier molecular flexibility index (Phi) is 2.72. The van der Waals surface area contributed by atoms with E-state index in [1.165, 1.54) is 0 Å². The molecule has 1 saturated heterocycles. The molecule has 0 unspecified atom stereocenters. The Bertz CT molecular complexity index is 713. The number of amides is 1. The summed E-state index contributed by atoms with van der Waals surface area (Å²) in [4.78, 5) is 14.2. The van der Waals surface area contributed by atoms with Gasteiger partial charge in [-0.3, -0.25) is 9.69 Å². The Labute approximate surface area is 122 Å². The van der Waals surface area contributed by atoms with Crippen LogP contribution in [0.4, 0.5) is 5.69 Å². The molecule has 2 aromatic rings. The van der Waals surface area contributed by atoms with E-state index < -0.39 is 6.10 Å². The number of nitrogens with zero attached hydrogens (tertiary/aromatic N) is 1. The highest BCUT2D eigenvalue weighted by Gasteiger charge is 2.52. The van der Waals surface area contributed by atoms with Gasteiger partial charge in [0, 0.05) is 12.2 Å². The molecule has 4 heteroatoms. The van der Waals surface area contributed by atoms with Gasteiger partial charge in [-0.05, 0) is 25.1 Å². The third-order valence-electron chi connectivity index (χ3n) is 3.97. The molecule has 0 saturated carbocycles. The molecular formula is C17H15NO3. The molecule has 2 aliphatic rings. The minimum atomic E-state index is -0.425. The third kappa shape index (κ3) is 1.69. The van der Waals surface area contributed by atoms with Crippen LogP contribution < -0.4 is 9.64 Å². The zero-order chi connectivity index (χ0) is 14.4. The van der Waals surface area contributed by atoms with Crippen LogP contribution >= 0.6 is 0 Å². The maximum absolute atomic E-state index is 12.5. The summed E-state index contributed by atoms with van der Waals surface area (Å²) in [6, 6.07) is 15.3. The minimum Gasteiger partial charge on any atom is -0.455 e. The van der Waals surface area contributed by atoms with E-state index in [0.29, 0.717) is 12.4 Å². The van der Waals surface area contributed by atoms with Gasteiger partial charge in [-0.15, -0.1) is 0 Å². The van der Waals surface area contributed by atoms with Gasteiger partial charge in [0.1, 0.15) is 11.8 Å². The summed E-state index contributed by atoms with van der Waals surface area (Å²) in [7, 11) is 0. The predicted molar refractivity (Wildman–Crippen MR) is 78.6 cm³/mol. The quantitative estimate of drug-likeness (QED) is 0.793. The molecular weight excluding hydrogens is 266 g/mol. The van der Waals surface area contributed by atoms with Gasteiger partial charge in [0.15, 0.2) is 11.9 Å². The Morgan fingerprint density at radius 1 is 1.10 bits per heavy atom. The molecule has 1 fully saturated rings. The van der Waals surface area contributed by atoms with Crippen molar-refractivity contribution in [3.63, 3.8) is 0 Å². The molecule has 2 atom stereocenters. The van der Waals surface area contributed by atoms with Crippen molar-refractivity contribution in [2.24, 2.45) is 0 Å². The fourth-order valence-electron chi connectivity index (χ4n) is 3.05. The predicted octanol–water partition coefficient (Wildman–Crippen LogP) is 3.29. The number of hydrogen-bond donors (Lipinski definition) is 0. The zero-order valence-electron chi connectivity index (χ0n) is 11.7. The topological polar surface area (TPSA) is 38.8 Å². The highest BCUT2D eigenvalue weighted by Crippen LogP contribution is 2.50. The standard InChI is InChI=1S/C17H15NO3/c1-2-20-16-15-11-7-3-5-9-13(11)21-14-10-6-4-8-12(14)18(15)17(16)19/h3-10,15-16H,2H2,1H3/t15-,16-/m0/s1. The van der Waals surface area contributed by atoms with E-state index in [1.807, 2.05) is 55.5 Å². The lowest BCUT2D eigenvalue weighted by Crippen LogP contribution is -2.60. The summed E-state index contributed by atoms with van der Waals surface area (Å²) in [6.07, 6.45) is -0.425. The number of para-hydroxylation sites is 3. The first-order valence-electron chi connectivity index (χ1n) is 7.11. The van der Waals surface area contributed by atoms with Crippen molar-refractivity contribution in [2.45, 2.75) is 19.1 Å². The molecule has 2 aromatic carbocycles. The first-order chi connectivity index (χ1) is 10.3. The van der Waals surface area contributed by atoms with Crippen LogP contribution in [0.25, 0.3) is 0 Å². The number of ether oxygens (including phenoxy) is 2. The Balaban J connectivity index is 1.89. The fraction of sp³-hybridized carbons (Fsp3) is 0.235. The highest BCUT2D eigenvalue weighted by atomic mass is 16.5. The Morgan fingerprint density at radius 3 is 2.62 bits per heavy atom. The van der Waals surface area contributed by atoms with Crippen molar-refractivity contribution in [1.82, 2.24) is 0 Å². The Hall–Kier alpha value is -2.33. The lowest BCUT2D eigenvalue weighted by atomic mass is 9.89. The Morgan fingerprint density at radius 2 is 1.81 bits per heavy atom. The lowest BCUT2D eigenvalue weighted by Gasteiger charge is -2.45. The molecule has 106 valence electrons. The van der Waals surface area contributed by atoms with Gasteiger partial charge in [-0.2, -0.15) is 0 Å². The first-order valence-corrected chi connectivity index (χ1v) is 7.11. The van der Waals surface area contributed by atoms with E-state index in [9.17, 15) is 4.79 Å². The van der Waals surface area contributed by atoms with Crippen LogP contribution in [0, 0.1) is 0 Å². The van der Waals surface area contributed by atoms with E-state index >= 15 is 0 Å². The summed E-state index contributed by atoms with van der Waals surface area (Å²) in [5.41, 5.74) is 1.80. The summed E-state index contributed by atoms with van der Waals surface area (Å²) in [5.74, 6) is 1.49. The number of carbonyl (C=O) groups excluding carboxylic acids is 1. The van der Waals surface area contributed by atoms with Crippen molar-refractivity contribution < 1.29 is 14.3 Å². The van der Waals surface area contributed by atoms with Crippen molar-refractivity contribution in [3.8, 4) is 11.5 Å². The number of rotatable bonds is 2. The van der Waals surface area contributed by atoms with Gasteiger partial charge in [0.05, 0.1) is 5.69 Å². The van der Waals surface area contributed by atoms with E-state index in [2.05, 4.69) is 0 Å². The third-order valence-corrected chi connectivity index (χ3v) is 3.97. The van der Waals surface area contributed by atoms with Crippen LogP contribution in [0.5, 0.6) is 11.5 Å². The van der Waals surface area contributed by atoms with Crippen LogP contribution in [0.3, 0.4) is 0 Å². The van der Waals surface area contributed by atoms with Gasteiger partial charge < -0.3 is 9.47 Å². The lowest BCUT2D eigenvalue weighted by molar-refractivity contribution is -0.142. The highest BCUT2D eigenvalue weighted by molar-refractivity contribution is 6.06. The molecule has 4 rings (SSSR count). The molecule has 21 heavy (non-hydrogen) atoms. The second-order valence-electron chi connectivity index (χ2n) is 5.14. The van der Waals surface area contributed by atoms with Gasteiger partial charge in [0.2, 0.25) is 0 Å². The first kappa shape index (κ1) is 12.4. The fourth-order valence-corrected chi connectivity index (χ4v) is 3.05. The minimum absolute atomic E-state index is 0.00500. The van der Waals surface area contributed by atoms with E-state index in [1.54, 1.807) is 4.90 Å². The molecule has 0 spiro atoms. The largest absolute Gasteiger partial charge is 0.455 e. The molecule has 0 N–H and O–H groups in total. The van der Waals surface area contributed by atoms with E-state index in [4.69, 9.17) is 9.47 Å². The van der Waals surface area contributed by atoms with E-state index in [-0.39, 0.29) is 11.9 Å². The monoisotopic (exact) mass is 281 g/mol. The molecule has 2 heterocycles. The number of carbonyl (C=O) groups is 1. The molecule has 0 aromatic heterocycles. The summed E-state index contributed by atoms with van der Waals surface area (Å²) < 4.78 is 11.6. The maximum atomic E-state index is 12.5. The summed E-state index contributed by atoms with van der Waals surface area (Å²) in [5, 5.41) is 0. The smallest absolute Gasteiger partial charge is 0.259 e. The van der Waals surface area contributed by atoms with Crippen molar-refractivity contribution >= 4 is 11.6 Å². The zero-order valence-corrected chi connectivity index (χ0v) is 11.7.